The van der Waals surface area contributed by atoms with E-state index in [0.29, 0.717) is 5.92 Å². The van der Waals surface area contributed by atoms with Gasteiger partial charge in [-0.15, -0.1) is 0 Å². The molecule has 0 aliphatic carbocycles. The molecule has 0 saturated carbocycles. The SMILES string of the molecule is COc1ccc(Cl)cc1CN1C[C@@H](N)[C@H](c2ccccc2)C1. The van der Waals surface area contributed by atoms with Crippen LogP contribution in [0, 0.1) is 0 Å². The van der Waals surface area contributed by atoms with Crippen molar-refractivity contribution in [1.29, 1.82) is 0 Å². The van der Waals surface area contributed by atoms with Gasteiger partial charge >= 0.3 is 0 Å². The molecule has 3 rings (SSSR count). The average Bonchev–Trinajstić information content (AvgIpc) is 2.89. The van der Waals surface area contributed by atoms with E-state index in [2.05, 4.69) is 29.2 Å². The highest BCUT2D eigenvalue weighted by molar-refractivity contribution is 6.30. The minimum atomic E-state index is 0.160. The van der Waals surface area contributed by atoms with Crippen molar-refractivity contribution in [3.05, 3.63) is 64.7 Å². The van der Waals surface area contributed by atoms with E-state index >= 15 is 0 Å². The summed E-state index contributed by atoms with van der Waals surface area (Å²) in [5.74, 6) is 1.26. The third kappa shape index (κ3) is 3.27. The lowest BCUT2D eigenvalue weighted by Crippen LogP contribution is -2.28. The minimum Gasteiger partial charge on any atom is -0.496 e. The van der Waals surface area contributed by atoms with E-state index in [1.54, 1.807) is 7.11 Å². The summed E-state index contributed by atoms with van der Waals surface area (Å²) in [6, 6.07) is 16.4. The van der Waals surface area contributed by atoms with Crippen molar-refractivity contribution in [2.24, 2.45) is 5.73 Å². The number of nitrogens with zero attached hydrogens (tertiary/aromatic N) is 1. The molecule has 0 amide bonds. The van der Waals surface area contributed by atoms with Crippen LogP contribution in [0.25, 0.3) is 0 Å². The molecular formula is C18H21ClN2O. The molecule has 0 spiro atoms. The maximum absolute atomic E-state index is 6.36. The first-order valence-corrected chi connectivity index (χ1v) is 7.90. The Labute approximate surface area is 136 Å². The largest absolute Gasteiger partial charge is 0.496 e. The Kier molecular flexibility index (Phi) is 4.67. The number of ether oxygens (including phenoxy) is 1. The van der Waals surface area contributed by atoms with E-state index in [4.69, 9.17) is 22.1 Å². The molecule has 4 heteroatoms. The molecule has 0 unspecified atom stereocenters. The third-order valence-corrected chi connectivity index (χ3v) is 4.54. The van der Waals surface area contributed by atoms with Crippen LogP contribution in [-0.4, -0.2) is 31.1 Å². The zero-order valence-corrected chi connectivity index (χ0v) is 13.5. The summed E-state index contributed by atoms with van der Waals surface area (Å²) in [6.45, 7) is 2.65. The van der Waals surface area contributed by atoms with Crippen molar-refractivity contribution in [2.45, 2.75) is 18.5 Å². The number of hydrogen-bond donors (Lipinski definition) is 1. The van der Waals surface area contributed by atoms with Gasteiger partial charge in [0.05, 0.1) is 7.11 Å². The van der Waals surface area contributed by atoms with Crippen molar-refractivity contribution in [2.75, 3.05) is 20.2 Å². The van der Waals surface area contributed by atoms with E-state index in [1.165, 1.54) is 5.56 Å². The van der Waals surface area contributed by atoms with Crippen molar-refractivity contribution >= 4 is 11.6 Å². The highest BCUT2D eigenvalue weighted by Crippen LogP contribution is 2.30. The van der Waals surface area contributed by atoms with Crippen LogP contribution in [0.5, 0.6) is 5.75 Å². The molecule has 1 aliphatic rings. The maximum Gasteiger partial charge on any atom is 0.123 e. The highest BCUT2D eigenvalue weighted by atomic mass is 35.5. The smallest absolute Gasteiger partial charge is 0.123 e. The highest BCUT2D eigenvalue weighted by Gasteiger charge is 2.31. The summed E-state index contributed by atoms with van der Waals surface area (Å²) in [5, 5.41) is 0.735. The van der Waals surface area contributed by atoms with E-state index in [1.807, 2.05) is 24.3 Å². The molecule has 1 saturated heterocycles. The maximum atomic E-state index is 6.36. The lowest BCUT2D eigenvalue weighted by molar-refractivity contribution is 0.314. The second kappa shape index (κ2) is 6.69. The van der Waals surface area contributed by atoms with Crippen molar-refractivity contribution in [3.8, 4) is 5.75 Å². The quantitative estimate of drug-likeness (QED) is 0.941. The zero-order chi connectivity index (χ0) is 15.5. The van der Waals surface area contributed by atoms with Gasteiger partial charge in [-0.05, 0) is 23.8 Å². The number of hydrogen-bond acceptors (Lipinski definition) is 3. The van der Waals surface area contributed by atoms with Gasteiger partial charge in [0.25, 0.3) is 0 Å². The van der Waals surface area contributed by atoms with Crippen LogP contribution < -0.4 is 10.5 Å². The van der Waals surface area contributed by atoms with Gasteiger partial charge in [0.15, 0.2) is 0 Å². The minimum absolute atomic E-state index is 0.160. The Balaban J connectivity index is 1.74. The Morgan fingerprint density at radius 3 is 2.68 bits per heavy atom. The van der Waals surface area contributed by atoms with Crippen molar-refractivity contribution < 1.29 is 4.74 Å². The lowest BCUT2D eigenvalue weighted by Gasteiger charge is -2.18. The first-order chi connectivity index (χ1) is 10.7. The number of likely N-dealkylation sites (tertiary alicyclic amines) is 1. The molecule has 116 valence electrons. The van der Waals surface area contributed by atoms with Crippen molar-refractivity contribution in [1.82, 2.24) is 4.90 Å². The van der Waals surface area contributed by atoms with E-state index < -0.39 is 0 Å². The molecule has 1 heterocycles. The zero-order valence-electron chi connectivity index (χ0n) is 12.7. The molecular weight excluding hydrogens is 296 g/mol. The Bertz CT molecular complexity index is 632. The van der Waals surface area contributed by atoms with Crippen molar-refractivity contribution in [3.63, 3.8) is 0 Å². The summed E-state index contributed by atoms with van der Waals surface area (Å²) in [6.07, 6.45) is 0. The van der Waals surface area contributed by atoms with Gasteiger partial charge in [-0.1, -0.05) is 41.9 Å². The molecule has 2 N–H and O–H groups in total. The first kappa shape index (κ1) is 15.3. The van der Waals surface area contributed by atoms with Crippen LogP contribution in [0.4, 0.5) is 0 Å². The van der Waals surface area contributed by atoms with Gasteiger partial charge in [-0.3, -0.25) is 4.90 Å². The number of methoxy groups -OCH3 is 1. The van der Waals surface area contributed by atoms with Crippen LogP contribution in [0.3, 0.4) is 0 Å². The molecule has 1 aliphatic heterocycles. The Hall–Kier alpha value is -1.55. The predicted molar refractivity (Wildman–Crippen MR) is 90.4 cm³/mol. The second-order valence-electron chi connectivity index (χ2n) is 5.83. The van der Waals surface area contributed by atoms with Gasteiger partial charge in [-0.25, -0.2) is 0 Å². The number of nitrogens with two attached hydrogens (primary N) is 1. The van der Waals surface area contributed by atoms with Gasteiger partial charge in [0.1, 0.15) is 5.75 Å². The summed E-state index contributed by atoms with van der Waals surface area (Å²) in [4.78, 5) is 2.37. The van der Waals surface area contributed by atoms with Crippen LogP contribution in [-0.2, 0) is 6.54 Å². The number of halogens is 1. The van der Waals surface area contributed by atoms with E-state index in [0.717, 1.165) is 36.0 Å². The van der Waals surface area contributed by atoms with Crippen LogP contribution in [0.2, 0.25) is 5.02 Å². The van der Waals surface area contributed by atoms with Gasteiger partial charge in [-0.2, -0.15) is 0 Å². The molecule has 0 aromatic heterocycles. The average molecular weight is 317 g/mol. The summed E-state index contributed by atoms with van der Waals surface area (Å²) < 4.78 is 5.43. The lowest BCUT2D eigenvalue weighted by atomic mass is 9.95. The molecule has 3 nitrogen and oxygen atoms in total. The fraction of sp³-hybridized carbons (Fsp3) is 0.333. The topological polar surface area (TPSA) is 38.5 Å². The van der Waals surface area contributed by atoms with Gasteiger partial charge in [0, 0.05) is 42.2 Å². The molecule has 0 bridgehead atoms. The Morgan fingerprint density at radius 1 is 1.18 bits per heavy atom. The normalized spacial score (nSPS) is 22.0. The summed E-state index contributed by atoms with van der Waals surface area (Å²) >= 11 is 6.11. The van der Waals surface area contributed by atoms with Crippen LogP contribution in [0.1, 0.15) is 17.0 Å². The fourth-order valence-electron chi connectivity index (χ4n) is 3.21. The fourth-order valence-corrected chi connectivity index (χ4v) is 3.40. The van der Waals surface area contributed by atoms with E-state index in [-0.39, 0.29) is 6.04 Å². The van der Waals surface area contributed by atoms with E-state index in [9.17, 15) is 0 Å². The molecule has 1 fully saturated rings. The molecule has 2 aromatic carbocycles. The third-order valence-electron chi connectivity index (χ3n) is 4.30. The first-order valence-electron chi connectivity index (χ1n) is 7.52. The van der Waals surface area contributed by atoms with Crippen LogP contribution in [0.15, 0.2) is 48.5 Å². The standard InChI is InChI=1S/C18H21ClN2O/c1-22-18-8-7-15(19)9-14(18)10-21-11-16(17(20)12-21)13-5-3-2-4-6-13/h2-9,16-17H,10-12,20H2,1H3/t16-,17+/m0/s1. The summed E-state index contributed by atoms with van der Waals surface area (Å²) in [7, 11) is 1.69. The molecule has 2 atom stereocenters. The molecule has 0 radical (unpaired) electrons. The number of rotatable bonds is 4. The summed E-state index contributed by atoms with van der Waals surface area (Å²) in [5.41, 5.74) is 8.78. The Morgan fingerprint density at radius 2 is 1.95 bits per heavy atom. The van der Waals surface area contributed by atoms with Gasteiger partial charge < -0.3 is 10.5 Å². The predicted octanol–water partition coefficient (Wildman–Crippen LogP) is 3.28. The van der Waals surface area contributed by atoms with Gasteiger partial charge in [0.2, 0.25) is 0 Å². The van der Waals surface area contributed by atoms with Crippen LogP contribution >= 0.6 is 11.6 Å². The monoisotopic (exact) mass is 316 g/mol. The molecule has 22 heavy (non-hydrogen) atoms. The molecule has 2 aromatic rings. The number of benzene rings is 2. The second-order valence-corrected chi connectivity index (χ2v) is 6.27.